The monoisotopic (exact) mass is 385 g/mol. The van der Waals surface area contributed by atoms with Crippen molar-refractivity contribution < 1.29 is 32.6 Å². The Morgan fingerprint density at radius 2 is 1.96 bits per heavy atom. The van der Waals surface area contributed by atoms with Gasteiger partial charge in [-0.1, -0.05) is 6.07 Å². The molecule has 1 saturated heterocycles. The van der Waals surface area contributed by atoms with Crippen LogP contribution in [0.1, 0.15) is 11.7 Å². The van der Waals surface area contributed by atoms with Crippen molar-refractivity contribution in [1.29, 1.82) is 0 Å². The van der Waals surface area contributed by atoms with Crippen LogP contribution in [0, 0.1) is 0 Å². The standard InChI is InChI=1S/C15H19N3O7S/c1-26(22,23)18-5-4-17(15(18)21)14(20)16-9-11(19)10-2-3-12-13(8-10)25-7-6-24-12/h2-3,8,11,19H,4-7,9H2,1H3,(H,16,20)/t11-/m0/s1. The lowest BCUT2D eigenvalue weighted by Crippen LogP contribution is -2.44. The van der Waals surface area contributed by atoms with E-state index in [2.05, 4.69) is 5.32 Å². The molecule has 11 heteroatoms. The lowest BCUT2D eigenvalue weighted by Gasteiger charge is -2.21. The van der Waals surface area contributed by atoms with E-state index >= 15 is 0 Å². The van der Waals surface area contributed by atoms with Crippen LogP contribution in [0.3, 0.4) is 0 Å². The van der Waals surface area contributed by atoms with Gasteiger partial charge in [0.25, 0.3) is 0 Å². The highest BCUT2D eigenvalue weighted by molar-refractivity contribution is 7.88. The minimum Gasteiger partial charge on any atom is -0.486 e. The topological polar surface area (TPSA) is 125 Å². The molecular weight excluding hydrogens is 366 g/mol. The molecule has 2 aliphatic rings. The Hall–Kier alpha value is -2.53. The first-order valence-electron chi connectivity index (χ1n) is 7.92. The number of hydrogen-bond acceptors (Lipinski definition) is 7. The second kappa shape index (κ2) is 7.00. The van der Waals surface area contributed by atoms with Crippen molar-refractivity contribution >= 4 is 22.1 Å². The maximum Gasteiger partial charge on any atom is 0.341 e. The van der Waals surface area contributed by atoms with Gasteiger partial charge in [-0.15, -0.1) is 0 Å². The van der Waals surface area contributed by atoms with Crippen molar-refractivity contribution in [3.63, 3.8) is 0 Å². The zero-order valence-electron chi connectivity index (χ0n) is 14.0. The lowest BCUT2D eigenvalue weighted by molar-refractivity contribution is 0.159. The van der Waals surface area contributed by atoms with Gasteiger partial charge < -0.3 is 19.9 Å². The number of aliphatic hydroxyl groups excluding tert-OH is 1. The van der Waals surface area contributed by atoms with Gasteiger partial charge in [0.15, 0.2) is 11.5 Å². The number of carbonyl (C=O) groups is 2. The van der Waals surface area contributed by atoms with Crippen LogP contribution in [0.2, 0.25) is 0 Å². The van der Waals surface area contributed by atoms with Crippen LogP contribution < -0.4 is 14.8 Å². The summed E-state index contributed by atoms with van der Waals surface area (Å²) in [6.45, 7) is 0.589. The minimum absolute atomic E-state index is 0.0438. The number of amides is 4. The van der Waals surface area contributed by atoms with E-state index in [1.165, 1.54) is 0 Å². The number of nitrogens with one attached hydrogen (secondary N) is 1. The average molecular weight is 385 g/mol. The molecule has 1 atom stereocenters. The molecular formula is C15H19N3O7S. The molecule has 1 aromatic carbocycles. The first-order chi connectivity index (χ1) is 12.3. The molecule has 26 heavy (non-hydrogen) atoms. The average Bonchev–Trinajstić information content (AvgIpc) is 3.00. The number of fused-ring (bicyclic) bond motifs is 1. The highest BCUT2D eigenvalue weighted by atomic mass is 32.2. The number of ether oxygens (including phenoxy) is 2. The van der Waals surface area contributed by atoms with E-state index < -0.39 is 28.2 Å². The number of urea groups is 2. The van der Waals surface area contributed by atoms with Gasteiger partial charge >= 0.3 is 12.1 Å². The molecule has 1 fully saturated rings. The van der Waals surface area contributed by atoms with E-state index in [-0.39, 0.29) is 19.6 Å². The summed E-state index contributed by atoms with van der Waals surface area (Å²) >= 11 is 0. The third kappa shape index (κ3) is 3.68. The van der Waals surface area contributed by atoms with E-state index in [4.69, 9.17) is 9.47 Å². The van der Waals surface area contributed by atoms with Crippen LogP contribution in [0.4, 0.5) is 9.59 Å². The molecule has 2 heterocycles. The zero-order valence-corrected chi connectivity index (χ0v) is 14.9. The molecule has 4 amide bonds. The molecule has 2 aliphatic heterocycles. The maximum absolute atomic E-state index is 12.1. The second-order valence-electron chi connectivity index (χ2n) is 5.87. The summed E-state index contributed by atoms with van der Waals surface area (Å²) in [5.41, 5.74) is 0.514. The predicted molar refractivity (Wildman–Crippen MR) is 89.4 cm³/mol. The van der Waals surface area contributed by atoms with Gasteiger partial charge in [0.2, 0.25) is 10.0 Å². The Morgan fingerprint density at radius 1 is 1.27 bits per heavy atom. The highest BCUT2D eigenvalue weighted by Crippen LogP contribution is 2.32. The Kier molecular flexibility index (Phi) is 4.92. The summed E-state index contributed by atoms with van der Waals surface area (Å²) in [4.78, 5) is 24.9. The Bertz CT molecular complexity index is 827. The van der Waals surface area contributed by atoms with E-state index in [1.54, 1.807) is 18.2 Å². The van der Waals surface area contributed by atoms with Crippen LogP contribution in [0.15, 0.2) is 18.2 Å². The highest BCUT2D eigenvalue weighted by Gasteiger charge is 2.38. The number of hydrogen-bond donors (Lipinski definition) is 2. The van der Waals surface area contributed by atoms with E-state index in [0.717, 1.165) is 11.2 Å². The Balaban J connectivity index is 1.59. The SMILES string of the molecule is CS(=O)(=O)N1CCN(C(=O)NC[C@H](O)c2ccc3c(c2)OCCO3)C1=O. The van der Waals surface area contributed by atoms with Gasteiger partial charge in [0, 0.05) is 6.54 Å². The summed E-state index contributed by atoms with van der Waals surface area (Å²) in [6, 6.07) is 3.27. The molecule has 0 spiro atoms. The Labute approximate surface area is 150 Å². The van der Waals surface area contributed by atoms with Crippen molar-refractivity contribution in [3.8, 4) is 11.5 Å². The van der Waals surface area contributed by atoms with Crippen LogP contribution in [-0.4, -0.2) is 73.9 Å². The van der Waals surface area contributed by atoms with Gasteiger partial charge in [-0.25, -0.2) is 27.2 Å². The first-order valence-corrected chi connectivity index (χ1v) is 9.77. The van der Waals surface area contributed by atoms with Gasteiger partial charge in [0.1, 0.15) is 13.2 Å². The fourth-order valence-corrected chi connectivity index (χ4v) is 3.47. The maximum atomic E-state index is 12.1. The second-order valence-corrected chi connectivity index (χ2v) is 7.78. The molecule has 0 saturated carbocycles. The fraction of sp³-hybridized carbons (Fsp3) is 0.467. The number of nitrogens with zero attached hydrogens (tertiary/aromatic N) is 2. The van der Waals surface area contributed by atoms with Gasteiger partial charge in [-0.3, -0.25) is 0 Å². The normalized spacial score (nSPS) is 18.0. The smallest absolute Gasteiger partial charge is 0.341 e. The number of carbonyl (C=O) groups excluding carboxylic acids is 2. The summed E-state index contributed by atoms with van der Waals surface area (Å²) in [7, 11) is -3.71. The van der Waals surface area contributed by atoms with Crippen LogP contribution in [0.25, 0.3) is 0 Å². The molecule has 0 radical (unpaired) electrons. The van der Waals surface area contributed by atoms with E-state index in [1.807, 2.05) is 0 Å². The van der Waals surface area contributed by atoms with Gasteiger partial charge in [0.05, 0.1) is 25.4 Å². The molecule has 0 bridgehead atoms. The van der Waals surface area contributed by atoms with Crippen LogP contribution in [0.5, 0.6) is 11.5 Å². The number of aliphatic hydroxyl groups is 1. The number of imide groups is 1. The molecule has 3 rings (SSSR count). The first kappa shape index (κ1) is 18.3. The van der Waals surface area contributed by atoms with E-state index in [0.29, 0.717) is 34.6 Å². The lowest BCUT2D eigenvalue weighted by atomic mass is 10.1. The van der Waals surface area contributed by atoms with Crippen molar-refractivity contribution in [2.24, 2.45) is 0 Å². The summed E-state index contributed by atoms with van der Waals surface area (Å²) in [6.07, 6.45) is -0.128. The third-order valence-corrected chi connectivity index (χ3v) is 5.15. The summed E-state index contributed by atoms with van der Waals surface area (Å²) < 4.78 is 34.4. The molecule has 0 aliphatic carbocycles. The minimum atomic E-state index is -3.71. The molecule has 1 aromatic rings. The molecule has 10 nitrogen and oxygen atoms in total. The number of rotatable bonds is 4. The number of benzene rings is 1. The largest absolute Gasteiger partial charge is 0.486 e. The summed E-state index contributed by atoms with van der Waals surface area (Å²) in [5, 5.41) is 12.7. The predicted octanol–water partition coefficient (Wildman–Crippen LogP) is -0.102. The zero-order chi connectivity index (χ0) is 18.9. The van der Waals surface area contributed by atoms with Gasteiger partial charge in [-0.05, 0) is 17.7 Å². The van der Waals surface area contributed by atoms with E-state index in [9.17, 15) is 23.1 Å². The van der Waals surface area contributed by atoms with Crippen molar-refractivity contribution in [1.82, 2.24) is 14.5 Å². The van der Waals surface area contributed by atoms with Crippen LogP contribution in [-0.2, 0) is 10.0 Å². The molecule has 0 aromatic heterocycles. The molecule has 0 unspecified atom stereocenters. The quantitative estimate of drug-likeness (QED) is 0.741. The van der Waals surface area contributed by atoms with Crippen molar-refractivity contribution in [3.05, 3.63) is 23.8 Å². The number of sulfonamides is 1. The van der Waals surface area contributed by atoms with Crippen molar-refractivity contribution in [2.75, 3.05) is 39.1 Å². The summed E-state index contributed by atoms with van der Waals surface area (Å²) in [5.74, 6) is 1.09. The van der Waals surface area contributed by atoms with Gasteiger partial charge in [-0.2, -0.15) is 0 Å². The fourth-order valence-electron chi connectivity index (χ4n) is 2.68. The molecule has 142 valence electrons. The third-order valence-electron chi connectivity index (χ3n) is 4.01. The van der Waals surface area contributed by atoms with Crippen molar-refractivity contribution in [2.45, 2.75) is 6.10 Å². The molecule has 2 N–H and O–H groups in total. The van der Waals surface area contributed by atoms with Crippen LogP contribution >= 0.6 is 0 Å². The Morgan fingerprint density at radius 3 is 2.62 bits per heavy atom.